The number of hydrogen-bond acceptors (Lipinski definition) is 3. The maximum atomic E-state index is 9.32. The molecule has 0 aliphatic carbocycles. The van der Waals surface area contributed by atoms with Crippen LogP contribution in [0.3, 0.4) is 0 Å². The zero-order valence-electron chi connectivity index (χ0n) is 8.78. The van der Waals surface area contributed by atoms with E-state index in [1.165, 1.54) is 5.69 Å². The van der Waals surface area contributed by atoms with Gasteiger partial charge in [0.25, 0.3) is 0 Å². The van der Waals surface area contributed by atoms with Crippen LogP contribution in [0, 0.1) is 0 Å². The third-order valence-corrected chi connectivity index (χ3v) is 3.41. The van der Waals surface area contributed by atoms with Crippen LogP contribution in [0.4, 0.5) is 5.69 Å². The fourth-order valence-corrected chi connectivity index (χ4v) is 2.42. The highest BCUT2D eigenvalue weighted by Crippen LogP contribution is 2.30. The predicted octanol–water partition coefficient (Wildman–Crippen LogP) is 1.91. The molecule has 1 saturated heterocycles. The Balaban J connectivity index is 2.15. The highest BCUT2D eigenvalue weighted by Gasteiger charge is 2.16. The summed E-state index contributed by atoms with van der Waals surface area (Å²) in [4.78, 5) is 4.66. The average molecular weight is 271 g/mol. The van der Waals surface area contributed by atoms with Crippen molar-refractivity contribution in [3.63, 3.8) is 0 Å². The van der Waals surface area contributed by atoms with Crippen molar-refractivity contribution >= 4 is 21.6 Å². The Bertz CT molecular complexity index is 348. The first-order valence-corrected chi connectivity index (χ1v) is 5.88. The molecule has 3 nitrogen and oxygen atoms in total. The Morgan fingerprint density at radius 1 is 1.20 bits per heavy atom. The van der Waals surface area contributed by atoms with Crippen molar-refractivity contribution in [1.82, 2.24) is 4.90 Å². The van der Waals surface area contributed by atoms with Crippen LogP contribution in [0.2, 0.25) is 0 Å². The van der Waals surface area contributed by atoms with E-state index in [0.717, 1.165) is 30.7 Å². The smallest absolute Gasteiger partial charge is 0.116 e. The lowest BCUT2D eigenvalue weighted by molar-refractivity contribution is 0.312. The van der Waals surface area contributed by atoms with Gasteiger partial charge in [-0.2, -0.15) is 0 Å². The van der Waals surface area contributed by atoms with Crippen LogP contribution in [0.1, 0.15) is 0 Å². The molecule has 0 bridgehead atoms. The predicted molar refractivity (Wildman–Crippen MR) is 65.5 cm³/mol. The highest BCUT2D eigenvalue weighted by molar-refractivity contribution is 9.10. The number of piperazine rings is 1. The van der Waals surface area contributed by atoms with Gasteiger partial charge in [-0.25, -0.2) is 0 Å². The van der Waals surface area contributed by atoms with Gasteiger partial charge in [0.05, 0.1) is 5.69 Å². The van der Waals surface area contributed by atoms with Crippen molar-refractivity contribution in [2.24, 2.45) is 0 Å². The summed E-state index contributed by atoms with van der Waals surface area (Å²) in [5.41, 5.74) is 1.17. The van der Waals surface area contributed by atoms with E-state index in [1.807, 2.05) is 6.07 Å². The van der Waals surface area contributed by atoms with Crippen LogP contribution in [0.25, 0.3) is 0 Å². The first kappa shape index (κ1) is 10.8. The second-order valence-corrected chi connectivity index (χ2v) is 4.78. The molecular formula is C11H15BrN2O. The van der Waals surface area contributed by atoms with Crippen molar-refractivity contribution in [3.05, 3.63) is 22.7 Å². The van der Waals surface area contributed by atoms with Gasteiger partial charge >= 0.3 is 0 Å². The second kappa shape index (κ2) is 4.41. The zero-order valence-corrected chi connectivity index (χ0v) is 10.4. The number of anilines is 1. The molecular weight excluding hydrogens is 256 g/mol. The van der Waals surface area contributed by atoms with Gasteiger partial charge in [0, 0.05) is 30.7 Å². The van der Waals surface area contributed by atoms with Crippen molar-refractivity contribution in [3.8, 4) is 5.75 Å². The lowest BCUT2D eigenvalue weighted by Crippen LogP contribution is -2.44. The van der Waals surface area contributed by atoms with E-state index in [-0.39, 0.29) is 0 Å². The summed E-state index contributed by atoms with van der Waals surface area (Å²) in [6.45, 7) is 4.26. The number of aromatic hydroxyl groups is 1. The molecule has 1 fully saturated rings. The Morgan fingerprint density at radius 2 is 1.87 bits per heavy atom. The van der Waals surface area contributed by atoms with Gasteiger partial charge in [-0.15, -0.1) is 0 Å². The molecule has 15 heavy (non-hydrogen) atoms. The van der Waals surface area contributed by atoms with Crippen molar-refractivity contribution in [2.75, 3.05) is 38.1 Å². The fourth-order valence-electron chi connectivity index (χ4n) is 1.80. The van der Waals surface area contributed by atoms with Gasteiger partial charge in [-0.05, 0) is 41.2 Å². The van der Waals surface area contributed by atoms with Crippen LogP contribution >= 0.6 is 15.9 Å². The fraction of sp³-hybridized carbons (Fsp3) is 0.455. The van der Waals surface area contributed by atoms with E-state index in [1.54, 1.807) is 12.1 Å². The molecule has 1 aromatic carbocycles. The summed E-state index contributed by atoms with van der Waals surface area (Å²) in [5.74, 6) is 0.305. The Kier molecular flexibility index (Phi) is 3.17. The molecule has 1 aliphatic heterocycles. The van der Waals surface area contributed by atoms with Crippen molar-refractivity contribution in [2.45, 2.75) is 0 Å². The van der Waals surface area contributed by atoms with Crippen molar-refractivity contribution in [1.29, 1.82) is 0 Å². The standard InChI is InChI=1S/C11H15BrN2O/c1-13-4-6-14(7-5-13)11-3-2-9(15)8-10(11)12/h2-3,8,15H,4-7H2,1H3. The van der Waals surface area contributed by atoms with E-state index in [4.69, 9.17) is 0 Å². The molecule has 1 heterocycles. The molecule has 0 radical (unpaired) electrons. The molecule has 1 aliphatic rings. The Morgan fingerprint density at radius 3 is 2.47 bits per heavy atom. The minimum Gasteiger partial charge on any atom is -0.508 e. The van der Waals surface area contributed by atoms with Crippen LogP contribution in [0.5, 0.6) is 5.75 Å². The molecule has 4 heteroatoms. The molecule has 0 saturated carbocycles. The normalized spacial score (nSPS) is 18.1. The molecule has 0 amide bonds. The SMILES string of the molecule is CN1CCN(c2ccc(O)cc2Br)CC1. The molecule has 0 aromatic heterocycles. The van der Waals surface area contributed by atoms with E-state index >= 15 is 0 Å². The molecule has 82 valence electrons. The first-order chi connectivity index (χ1) is 7.16. The van der Waals surface area contributed by atoms with Gasteiger partial charge in [-0.3, -0.25) is 0 Å². The quantitative estimate of drug-likeness (QED) is 0.845. The molecule has 0 spiro atoms. The number of nitrogens with zero attached hydrogens (tertiary/aromatic N) is 2. The zero-order chi connectivity index (χ0) is 10.8. The number of hydrogen-bond donors (Lipinski definition) is 1. The van der Waals surface area contributed by atoms with Crippen LogP contribution < -0.4 is 4.90 Å². The largest absolute Gasteiger partial charge is 0.508 e. The summed E-state index contributed by atoms with van der Waals surface area (Å²) in [6.07, 6.45) is 0. The summed E-state index contributed by atoms with van der Waals surface area (Å²) in [6, 6.07) is 5.44. The monoisotopic (exact) mass is 270 g/mol. The molecule has 1 N–H and O–H groups in total. The number of rotatable bonds is 1. The van der Waals surface area contributed by atoms with Crippen LogP contribution in [-0.2, 0) is 0 Å². The number of halogens is 1. The first-order valence-electron chi connectivity index (χ1n) is 5.09. The topological polar surface area (TPSA) is 26.7 Å². The summed E-state index contributed by atoms with van der Waals surface area (Å²) < 4.78 is 0.965. The Hall–Kier alpha value is -0.740. The Labute approximate surface area is 98.4 Å². The third-order valence-electron chi connectivity index (χ3n) is 2.78. The minimum atomic E-state index is 0.305. The number of likely N-dealkylation sites (N-methyl/N-ethyl adjacent to an activating group) is 1. The van der Waals surface area contributed by atoms with Gasteiger partial charge in [0.2, 0.25) is 0 Å². The summed E-state index contributed by atoms with van der Waals surface area (Å²) >= 11 is 3.48. The minimum absolute atomic E-state index is 0.305. The third kappa shape index (κ3) is 2.44. The van der Waals surface area contributed by atoms with E-state index in [2.05, 4.69) is 32.8 Å². The van der Waals surface area contributed by atoms with E-state index in [0.29, 0.717) is 5.75 Å². The number of phenolic OH excluding ortho intramolecular Hbond substituents is 1. The summed E-state index contributed by atoms with van der Waals surface area (Å²) in [7, 11) is 2.14. The second-order valence-electron chi connectivity index (χ2n) is 3.93. The summed E-state index contributed by atoms with van der Waals surface area (Å²) in [5, 5.41) is 9.32. The maximum absolute atomic E-state index is 9.32. The average Bonchev–Trinajstić information content (AvgIpc) is 2.20. The lowest BCUT2D eigenvalue weighted by Gasteiger charge is -2.34. The lowest BCUT2D eigenvalue weighted by atomic mass is 10.2. The molecule has 0 unspecified atom stereocenters. The van der Waals surface area contributed by atoms with Gasteiger partial charge in [-0.1, -0.05) is 0 Å². The van der Waals surface area contributed by atoms with Crippen LogP contribution in [0.15, 0.2) is 22.7 Å². The van der Waals surface area contributed by atoms with Crippen LogP contribution in [-0.4, -0.2) is 43.2 Å². The molecule has 1 aromatic rings. The van der Waals surface area contributed by atoms with Gasteiger partial charge < -0.3 is 14.9 Å². The van der Waals surface area contributed by atoms with Gasteiger partial charge in [0.1, 0.15) is 5.75 Å². The number of phenols is 1. The van der Waals surface area contributed by atoms with E-state index in [9.17, 15) is 5.11 Å². The number of benzene rings is 1. The van der Waals surface area contributed by atoms with Crippen molar-refractivity contribution < 1.29 is 5.11 Å². The molecule has 0 atom stereocenters. The van der Waals surface area contributed by atoms with Gasteiger partial charge in [0.15, 0.2) is 0 Å². The van der Waals surface area contributed by atoms with E-state index < -0.39 is 0 Å². The maximum Gasteiger partial charge on any atom is 0.116 e. The highest BCUT2D eigenvalue weighted by atomic mass is 79.9. The molecule has 2 rings (SSSR count).